The van der Waals surface area contributed by atoms with Crippen molar-refractivity contribution < 1.29 is 14.7 Å². The number of amides is 1. The van der Waals surface area contributed by atoms with Crippen LogP contribution in [0.15, 0.2) is 30.3 Å². The Balaban J connectivity index is 2.54. The summed E-state index contributed by atoms with van der Waals surface area (Å²) < 4.78 is 0. The molecule has 1 unspecified atom stereocenters. The average Bonchev–Trinajstić information content (AvgIpc) is 2.46. The summed E-state index contributed by atoms with van der Waals surface area (Å²) in [6.07, 6.45) is 1.22. The topological polar surface area (TPSA) is 69.6 Å². The van der Waals surface area contributed by atoms with Gasteiger partial charge in [0.25, 0.3) is 0 Å². The number of aliphatic carboxylic acids is 1. The van der Waals surface area contributed by atoms with Crippen molar-refractivity contribution in [3.63, 3.8) is 0 Å². The molecule has 0 bridgehead atoms. The molecular weight excluding hydrogens is 268 g/mol. The van der Waals surface area contributed by atoms with Gasteiger partial charge in [0.2, 0.25) is 5.91 Å². The molecule has 1 aromatic rings. The normalized spacial score (nSPS) is 13.5. The van der Waals surface area contributed by atoms with Crippen LogP contribution in [0.2, 0.25) is 0 Å². The van der Waals surface area contributed by atoms with Gasteiger partial charge in [-0.2, -0.15) is 0 Å². The third-order valence-corrected chi connectivity index (χ3v) is 3.54. The summed E-state index contributed by atoms with van der Waals surface area (Å²) in [7, 11) is 1.72. The number of carboxylic acid groups (broad SMARTS) is 1. The van der Waals surface area contributed by atoms with Crippen molar-refractivity contribution >= 4 is 11.9 Å². The fourth-order valence-corrected chi connectivity index (χ4v) is 2.12. The molecule has 0 aliphatic carbocycles. The molecule has 116 valence electrons. The maximum absolute atomic E-state index is 12.1. The van der Waals surface area contributed by atoms with E-state index in [1.54, 1.807) is 18.9 Å². The minimum atomic E-state index is -1.06. The zero-order valence-electron chi connectivity index (χ0n) is 12.9. The lowest BCUT2D eigenvalue weighted by molar-refractivity contribution is -0.144. The van der Waals surface area contributed by atoms with Crippen LogP contribution < -0.4 is 5.32 Å². The Morgan fingerprint density at radius 1 is 1.29 bits per heavy atom. The van der Waals surface area contributed by atoms with Gasteiger partial charge in [-0.05, 0) is 18.9 Å². The highest BCUT2D eigenvalue weighted by molar-refractivity contribution is 5.81. The molecule has 0 heterocycles. The first-order chi connectivity index (χ1) is 9.89. The summed E-state index contributed by atoms with van der Waals surface area (Å²) in [5.74, 6) is -1.05. The standard InChI is InChI=1S/C16H24N2O3/c1-4-10-16(2,15(20)21)17-11-14(19)18(3)12-13-8-6-5-7-9-13/h5-9,17H,4,10-12H2,1-3H3,(H,20,21). The Bertz CT molecular complexity index is 476. The van der Waals surface area contributed by atoms with Gasteiger partial charge in [-0.15, -0.1) is 0 Å². The summed E-state index contributed by atoms with van der Waals surface area (Å²) >= 11 is 0. The molecule has 21 heavy (non-hydrogen) atoms. The van der Waals surface area contributed by atoms with Crippen LogP contribution >= 0.6 is 0 Å². The van der Waals surface area contributed by atoms with E-state index in [1.165, 1.54) is 0 Å². The van der Waals surface area contributed by atoms with Crippen LogP contribution in [0.3, 0.4) is 0 Å². The van der Waals surface area contributed by atoms with E-state index in [0.717, 1.165) is 12.0 Å². The van der Waals surface area contributed by atoms with Crippen molar-refractivity contribution in [2.45, 2.75) is 38.8 Å². The van der Waals surface area contributed by atoms with Crippen LogP contribution in [0.5, 0.6) is 0 Å². The zero-order valence-corrected chi connectivity index (χ0v) is 12.9. The number of carboxylic acids is 1. The number of nitrogens with zero attached hydrogens (tertiary/aromatic N) is 1. The molecule has 0 spiro atoms. The number of rotatable bonds is 8. The Morgan fingerprint density at radius 2 is 1.90 bits per heavy atom. The first kappa shape index (κ1) is 17.2. The van der Waals surface area contributed by atoms with Crippen LogP contribution in [0.4, 0.5) is 0 Å². The van der Waals surface area contributed by atoms with Crippen molar-refractivity contribution in [2.24, 2.45) is 0 Å². The van der Waals surface area contributed by atoms with Crippen molar-refractivity contribution in [1.82, 2.24) is 10.2 Å². The molecule has 0 radical (unpaired) electrons. The van der Waals surface area contributed by atoms with Gasteiger partial charge in [-0.3, -0.25) is 14.9 Å². The first-order valence-electron chi connectivity index (χ1n) is 7.15. The molecule has 2 N–H and O–H groups in total. The number of likely N-dealkylation sites (N-methyl/N-ethyl adjacent to an activating group) is 1. The summed E-state index contributed by atoms with van der Waals surface area (Å²) in [4.78, 5) is 25.0. The van der Waals surface area contributed by atoms with E-state index in [9.17, 15) is 14.7 Å². The number of hydrogen-bond donors (Lipinski definition) is 2. The van der Waals surface area contributed by atoms with Gasteiger partial charge in [-0.1, -0.05) is 43.7 Å². The Hall–Kier alpha value is -1.88. The molecule has 5 heteroatoms. The van der Waals surface area contributed by atoms with Crippen LogP contribution in [-0.4, -0.2) is 41.0 Å². The second-order valence-electron chi connectivity index (χ2n) is 5.48. The molecule has 0 aliphatic rings. The van der Waals surface area contributed by atoms with E-state index in [2.05, 4.69) is 5.32 Å². The molecule has 1 aromatic carbocycles. The second kappa shape index (κ2) is 7.78. The minimum absolute atomic E-state index is 0.0200. The third-order valence-electron chi connectivity index (χ3n) is 3.54. The van der Waals surface area contributed by atoms with Crippen molar-refractivity contribution in [1.29, 1.82) is 0 Å². The zero-order chi connectivity index (χ0) is 15.9. The monoisotopic (exact) mass is 292 g/mol. The lowest BCUT2D eigenvalue weighted by atomic mass is 9.96. The van der Waals surface area contributed by atoms with Crippen LogP contribution in [-0.2, 0) is 16.1 Å². The van der Waals surface area contributed by atoms with Gasteiger partial charge in [-0.25, -0.2) is 0 Å². The summed E-state index contributed by atoms with van der Waals surface area (Å²) in [6.45, 7) is 4.07. The summed E-state index contributed by atoms with van der Waals surface area (Å²) in [5, 5.41) is 12.1. The van der Waals surface area contributed by atoms with Crippen LogP contribution in [0.1, 0.15) is 32.3 Å². The molecule has 0 fully saturated rings. The van der Waals surface area contributed by atoms with Crippen molar-refractivity contribution in [3.05, 3.63) is 35.9 Å². The molecule has 0 saturated heterocycles. The van der Waals surface area contributed by atoms with Crippen molar-refractivity contribution in [3.8, 4) is 0 Å². The first-order valence-corrected chi connectivity index (χ1v) is 7.15. The number of carbonyl (C=O) groups is 2. The predicted octanol–water partition coefficient (Wildman–Crippen LogP) is 1.88. The quantitative estimate of drug-likeness (QED) is 0.767. The maximum Gasteiger partial charge on any atom is 0.323 e. The number of carbonyl (C=O) groups excluding carboxylic acids is 1. The lowest BCUT2D eigenvalue weighted by Gasteiger charge is -2.27. The van der Waals surface area contributed by atoms with Gasteiger partial charge in [0, 0.05) is 13.6 Å². The lowest BCUT2D eigenvalue weighted by Crippen LogP contribution is -2.52. The van der Waals surface area contributed by atoms with E-state index in [0.29, 0.717) is 13.0 Å². The molecule has 5 nitrogen and oxygen atoms in total. The Labute approximate surface area is 126 Å². The minimum Gasteiger partial charge on any atom is -0.480 e. The average molecular weight is 292 g/mol. The summed E-state index contributed by atoms with van der Waals surface area (Å²) in [5.41, 5.74) is -0.0132. The second-order valence-corrected chi connectivity index (χ2v) is 5.48. The van der Waals surface area contributed by atoms with Gasteiger partial charge in [0.05, 0.1) is 6.54 Å². The van der Waals surface area contributed by atoms with Gasteiger partial charge in [0.1, 0.15) is 5.54 Å². The molecular formula is C16H24N2O3. The fourth-order valence-electron chi connectivity index (χ4n) is 2.12. The Kier molecular flexibility index (Phi) is 6.37. The van der Waals surface area contributed by atoms with E-state index in [-0.39, 0.29) is 12.5 Å². The fraction of sp³-hybridized carbons (Fsp3) is 0.500. The van der Waals surface area contributed by atoms with E-state index >= 15 is 0 Å². The highest BCUT2D eigenvalue weighted by Crippen LogP contribution is 2.12. The van der Waals surface area contributed by atoms with Crippen LogP contribution in [0.25, 0.3) is 0 Å². The molecule has 1 amide bonds. The SMILES string of the molecule is CCCC(C)(NCC(=O)N(C)Cc1ccccc1)C(=O)O. The van der Waals surface area contributed by atoms with Gasteiger partial charge in [0.15, 0.2) is 0 Å². The number of benzene rings is 1. The third kappa shape index (κ3) is 5.19. The molecule has 0 saturated carbocycles. The van der Waals surface area contributed by atoms with Gasteiger partial charge < -0.3 is 10.0 Å². The molecule has 1 atom stereocenters. The highest BCUT2D eigenvalue weighted by atomic mass is 16.4. The predicted molar refractivity (Wildman–Crippen MR) is 81.9 cm³/mol. The summed E-state index contributed by atoms with van der Waals surface area (Å²) in [6, 6.07) is 9.69. The van der Waals surface area contributed by atoms with E-state index in [4.69, 9.17) is 0 Å². The molecule has 1 rings (SSSR count). The van der Waals surface area contributed by atoms with Crippen LogP contribution in [0, 0.1) is 0 Å². The smallest absolute Gasteiger partial charge is 0.323 e. The Morgan fingerprint density at radius 3 is 2.43 bits per heavy atom. The number of hydrogen-bond acceptors (Lipinski definition) is 3. The number of nitrogens with one attached hydrogen (secondary N) is 1. The molecule has 0 aliphatic heterocycles. The van der Waals surface area contributed by atoms with Gasteiger partial charge >= 0.3 is 5.97 Å². The highest BCUT2D eigenvalue weighted by Gasteiger charge is 2.32. The van der Waals surface area contributed by atoms with E-state index < -0.39 is 11.5 Å². The molecule has 0 aromatic heterocycles. The maximum atomic E-state index is 12.1. The largest absolute Gasteiger partial charge is 0.480 e. The van der Waals surface area contributed by atoms with E-state index in [1.807, 2.05) is 37.3 Å². The van der Waals surface area contributed by atoms with Crippen molar-refractivity contribution in [2.75, 3.05) is 13.6 Å².